The van der Waals surface area contributed by atoms with Crippen LogP contribution < -0.4 is 5.73 Å². The first-order valence-electron chi connectivity index (χ1n) is 8.08. The number of hydroxylamine groups is 2. The van der Waals surface area contributed by atoms with E-state index < -0.39 is 6.03 Å². The fourth-order valence-electron chi connectivity index (χ4n) is 3.34. The number of hydrogen-bond donors (Lipinski definition) is 2. The number of hydrogen-bond acceptors (Lipinski definition) is 2. The number of benzene rings is 2. The summed E-state index contributed by atoms with van der Waals surface area (Å²) in [4.78, 5) is 11.2. The lowest BCUT2D eigenvalue weighted by atomic mass is 9.86. The second kappa shape index (κ2) is 6.84. The summed E-state index contributed by atoms with van der Waals surface area (Å²) in [5.74, 6) is 0. The largest absolute Gasteiger partial charge is 0.350 e. The van der Waals surface area contributed by atoms with Crippen molar-refractivity contribution in [1.82, 2.24) is 5.06 Å². The van der Waals surface area contributed by atoms with Crippen LogP contribution in [0.4, 0.5) is 4.79 Å². The Morgan fingerprint density at radius 3 is 2.61 bits per heavy atom. The number of amides is 2. The van der Waals surface area contributed by atoms with Crippen LogP contribution in [0.2, 0.25) is 0 Å². The van der Waals surface area contributed by atoms with Gasteiger partial charge >= 0.3 is 6.03 Å². The van der Waals surface area contributed by atoms with E-state index in [-0.39, 0.29) is 6.04 Å². The lowest BCUT2D eigenvalue weighted by Gasteiger charge is -2.30. The van der Waals surface area contributed by atoms with Gasteiger partial charge in [0.15, 0.2) is 0 Å². The smallest absolute Gasteiger partial charge is 0.339 e. The van der Waals surface area contributed by atoms with Gasteiger partial charge in [-0.2, -0.15) is 5.06 Å². The highest BCUT2D eigenvalue weighted by Crippen LogP contribution is 2.34. The van der Waals surface area contributed by atoms with Crippen LogP contribution in [0.15, 0.2) is 48.5 Å². The molecule has 0 saturated heterocycles. The van der Waals surface area contributed by atoms with Gasteiger partial charge in [0, 0.05) is 0 Å². The van der Waals surface area contributed by atoms with Crippen molar-refractivity contribution in [3.63, 3.8) is 0 Å². The van der Waals surface area contributed by atoms with Crippen molar-refractivity contribution in [2.75, 3.05) is 0 Å². The molecule has 1 atom stereocenters. The maximum Gasteiger partial charge on any atom is 0.339 e. The molecular weight excluding hydrogens is 288 g/mol. The normalized spacial score (nSPS) is 16.7. The molecule has 0 unspecified atom stereocenters. The van der Waals surface area contributed by atoms with E-state index in [1.807, 2.05) is 12.1 Å². The standard InChI is InChI=1S/C19H22N2O2/c20-19(22)21(23)18-8-4-7-16-13-15(11-12-17(16)18)10-9-14-5-2-1-3-6-14/h1-3,5-6,11-13,18,23H,4,7-10H2,(H2,20,22)/t18-/m1/s1. The molecular formula is C19H22N2O2. The molecule has 2 aromatic rings. The lowest BCUT2D eigenvalue weighted by molar-refractivity contribution is -0.0808. The number of carbonyl (C=O) groups is 1. The summed E-state index contributed by atoms with van der Waals surface area (Å²) in [7, 11) is 0. The molecule has 4 nitrogen and oxygen atoms in total. The van der Waals surface area contributed by atoms with Gasteiger partial charge in [0.05, 0.1) is 6.04 Å². The van der Waals surface area contributed by atoms with E-state index in [9.17, 15) is 10.0 Å². The van der Waals surface area contributed by atoms with Crippen LogP contribution in [0.3, 0.4) is 0 Å². The highest BCUT2D eigenvalue weighted by Gasteiger charge is 2.27. The maximum absolute atomic E-state index is 11.2. The van der Waals surface area contributed by atoms with E-state index >= 15 is 0 Å². The second-order valence-corrected chi connectivity index (χ2v) is 6.11. The van der Waals surface area contributed by atoms with E-state index in [0.717, 1.165) is 37.7 Å². The van der Waals surface area contributed by atoms with Crippen LogP contribution >= 0.6 is 0 Å². The molecule has 3 N–H and O–H groups in total. The van der Waals surface area contributed by atoms with Crippen LogP contribution in [0.1, 0.15) is 41.1 Å². The van der Waals surface area contributed by atoms with Crippen molar-refractivity contribution >= 4 is 6.03 Å². The molecule has 2 amide bonds. The molecule has 0 saturated carbocycles. The van der Waals surface area contributed by atoms with Gasteiger partial charge in [-0.1, -0.05) is 48.5 Å². The Labute approximate surface area is 136 Å². The molecule has 0 spiro atoms. The highest BCUT2D eigenvalue weighted by atomic mass is 16.5. The Morgan fingerprint density at radius 2 is 1.87 bits per heavy atom. The lowest BCUT2D eigenvalue weighted by Crippen LogP contribution is -2.37. The molecule has 2 aromatic carbocycles. The third kappa shape index (κ3) is 3.54. The summed E-state index contributed by atoms with van der Waals surface area (Å²) < 4.78 is 0. The van der Waals surface area contributed by atoms with Gasteiger partial charge in [-0.15, -0.1) is 0 Å². The molecule has 23 heavy (non-hydrogen) atoms. The summed E-state index contributed by atoms with van der Waals surface area (Å²) in [6.07, 6.45) is 4.68. The van der Waals surface area contributed by atoms with Crippen molar-refractivity contribution < 1.29 is 10.0 Å². The van der Waals surface area contributed by atoms with Gasteiger partial charge in [-0.3, -0.25) is 5.21 Å². The number of primary amides is 1. The summed E-state index contributed by atoms with van der Waals surface area (Å²) in [5, 5.41) is 10.5. The number of urea groups is 1. The van der Waals surface area contributed by atoms with Crippen LogP contribution in [-0.4, -0.2) is 16.3 Å². The first-order valence-corrected chi connectivity index (χ1v) is 8.08. The number of nitrogens with zero attached hydrogens (tertiary/aromatic N) is 1. The molecule has 1 aliphatic rings. The first-order chi connectivity index (χ1) is 11.1. The molecule has 0 fully saturated rings. The van der Waals surface area contributed by atoms with Crippen LogP contribution in [0.5, 0.6) is 0 Å². The highest BCUT2D eigenvalue weighted by molar-refractivity contribution is 5.71. The van der Waals surface area contributed by atoms with E-state index in [1.165, 1.54) is 16.7 Å². The Balaban J connectivity index is 1.75. The first kappa shape index (κ1) is 15.6. The minimum atomic E-state index is -0.795. The Bertz CT molecular complexity index is 685. The summed E-state index contributed by atoms with van der Waals surface area (Å²) >= 11 is 0. The van der Waals surface area contributed by atoms with Crippen molar-refractivity contribution in [1.29, 1.82) is 0 Å². The molecule has 0 aromatic heterocycles. The molecule has 1 aliphatic carbocycles. The SMILES string of the molecule is NC(=O)N(O)[C@@H]1CCCc2cc(CCc3ccccc3)ccc21. The molecule has 0 heterocycles. The van der Waals surface area contributed by atoms with Crippen molar-refractivity contribution in [2.24, 2.45) is 5.73 Å². The van der Waals surface area contributed by atoms with Gasteiger partial charge in [0.25, 0.3) is 0 Å². The number of carbonyl (C=O) groups excluding carboxylic acids is 1. The van der Waals surface area contributed by atoms with Gasteiger partial charge in [-0.25, -0.2) is 4.79 Å². The Kier molecular flexibility index (Phi) is 4.63. The third-order valence-electron chi connectivity index (χ3n) is 4.56. The van der Waals surface area contributed by atoms with Gasteiger partial charge in [0.1, 0.15) is 0 Å². The molecule has 3 rings (SSSR count). The minimum absolute atomic E-state index is 0.320. The Morgan fingerprint density at radius 1 is 1.13 bits per heavy atom. The molecule has 120 valence electrons. The third-order valence-corrected chi connectivity index (χ3v) is 4.56. The zero-order valence-corrected chi connectivity index (χ0v) is 13.1. The van der Waals surface area contributed by atoms with Gasteiger partial charge < -0.3 is 5.73 Å². The van der Waals surface area contributed by atoms with Crippen molar-refractivity contribution in [2.45, 2.75) is 38.1 Å². The number of fused-ring (bicyclic) bond motifs is 1. The van der Waals surface area contributed by atoms with Gasteiger partial charge in [0.2, 0.25) is 0 Å². The average molecular weight is 310 g/mol. The van der Waals surface area contributed by atoms with Crippen LogP contribution in [0, 0.1) is 0 Å². The fourth-order valence-corrected chi connectivity index (χ4v) is 3.34. The maximum atomic E-state index is 11.2. The van der Waals surface area contributed by atoms with Crippen molar-refractivity contribution in [3.05, 3.63) is 70.8 Å². The zero-order valence-electron chi connectivity index (χ0n) is 13.1. The molecule has 0 bridgehead atoms. The minimum Gasteiger partial charge on any atom is -0.350 e. The van der Waals surface area contributed by atoms with Crippen molar-refractivity contribution in [3.8, 4) is 0 Å². The molecule has 4 heteroatoms. The zero-order chi connectivity index (χ0) is 16.2. The average Bonchev–Trinajstić information content (AvgIpc) is 2.59. The van der Waals surface area contributed by atoms with Crippen LogP contribution in [-0.2, 0) is 19.3 Å². The van der Waals surface area contributed by atoms with E-state index in [2.05, 4.69) is 36.4 Å². The van der Waals surface area contributed by atoms with E-state index in [0.29, 0.717) is 5.06 Å². The molecule has 0 aliphatic heterocycles. The quantitative estimate of drug-likeness (QED) is 0.669. The van der Waals surface area contributed by atoms with E-state index in [1.54, 1.807) is 0 Å². The fraction of sp³-hybridized carbons (Fsp3) is 0.316. The number of aryl methyl sites for hydroxylation is 3. The number of nitrogens with two attached hydrogens (primary N) is 1. The monoisotopic (exact) mass is 310 g/mol. The van der Waals surface area contributed by atoms with Gasteiger partial charge in [-0.05, 0) is 54.4 Å². The summed E-state index contributed by atoms with van der Waals surface area (Å²) in [5.41, 5.74) is 10.1. The van der Waals surface area contributed by atoms with E-state index in [4.69, 9.17) is 5.73 Å². The Hall–Kier alpha value is -2.33. The summed E-state index contributed by atoms with van der Waals surface area (Å²) in [6, 6.07) is 15.7. The molecule has 0 radical (unpaired) electrons. The summed E-state index contributed by atoms with van der Waals surface area (Å²) in [6.45, 7) is 0. The predicted octanol–water partition coefficient (Wildman–Crippen LogP) is 3.62. The second-order valence-electron chi connectivity index (χ2n) is 6.11. The predicted molar refractivity (Wildman–Crippen MR) is 89.2 cm³/mol. The topological polar surface area (TPSA) is 66.6 Å². The van der Waals surface area contributed by atoms with Crippen LogP contribution in [0.25, 0.3) is 0 Å². The number of rotatable bonds is 4.